The van der Waals surface area contributed by atoms with Crippen molar-refractivity contribution in [2.75, 3.05) is 19.1 Å². The van der Waals surface area contributed by atoms with Crippen LogP contribution in [0.5, 0.6) is 5.75 Å². The van der Waals surface area contributed by atoms with Gasteiger partial charge in [-0.05, 0) is 99.8 Å². The lowest BCUT2D eigenvalue weighted by atomic mass is 10.0. The van der Waals surface area contributed by atoms with E-state index in [0.717, 1.165) is 45.2 Å². The van der Waals surface area contributed by atoms with Crippen molar-refractivity contribution >= 4 is 23.6 Å². The van der Waals surface area contributed by atoms with Gasteiger partial charge in [-0.15, -0.1) is 0 Å². The molecule has 0 radical (unpaired) electrons. The monoisotopic (exact) mass is 470 g/mol. The molecule has 0 saturated heterocycles. The fourth-order valence-corrected chi connectivity index (χ4v) is 4.79. The second-order valence-electron chi connectivity index (χ2n) is 8.86. The lowest BCUT2D eigenvalue weighted by Crippen LogP contribution is -2.24. The molecule has 0 bridgehead atoms. The van der Waals surface area contributed by atoms with Crippen molar-refractivity contribution in [3.05, 3.63) is 93.5 Å². The van der Waals surface area contributed by atoms with E-state index in [1.54, 1.807) is 25.0 Å². The molecule has 1 aromatic heterocycles. The summed E-state index contributed by atoms with van der Waals surface area (Å²) in [6.07, 6.45) is 1.79. The molecule has 6 nitrogen and oxygen atoms in total. The zero-order valence-corrected chi connectivity index (χ0v) is 21.2. The summed E-state index contributed by atoms with van der Waals surface area (Å²) in [6, 6.07) is 15.8. The Morgan fingerprint density at radius 2 is 1.49 bits per heavy atom. The first-order chi connectivity index (χ1) is 16.7. The molecule has 0 atom stereocenters. The van der Waals surface area contributed by atoms with Gasteiger partial charge in [0.2, 0.25) is 0 Å². The van der Waals surface area contributed by atoms with Gasteiger partial charge in [-0.1, -0.05) is 6.07 Å². The molecule has 1 aliphatic rings. The van der Waals surface area contributed by atoms with E-state index >= 15 is 0 Å². The zero-order valence-electron chi connectivity index (χ0n) is 21.2. The van der Waals surface area contributed by atoms with E-state index in [2.05, 4.69) is 10.6 Å². The fraction of sp³-hybridized carbons (Fsp3) is 0.241. The summed E-state index contributed by atoms with van der Waals surface area (Å²) in [5, 5.41) is 0. The molecule has 0 spiro atoms. The van der Waals surface area contributed by atoms with Gasteiger partial charge in [0.05, 0.1) is 25.4 Å². The van der Waals surface area contributed by atoms with Gasteiger partial charge in [0.25, 0.3) is 5.91 Å². The second-order valence-corrected chi connectivity index (χ2v) is 8.86. The summed E-state index contributed by atoms with van der Waals surface area (Å²) < 4.78 is 12.5. The van der Waals surface area contributed by atoms with E-state index in [1.807, 2.05) is 70.2 Å². The van der Waals surface area contributed by atoms with Gasteiger partial charge < -0.3 is 14.0 Å². The van der Waals surface area contributed by atoms with Crippen molar-refractivity contribution < 1.29 is 19.1 Å². The average molecular weight is 471 g/mol. The first kappa shape index (κ1) is 24.1. The van der Waals surface area contributed by atoms with Crippen LogP contribution in [0.1, 0.15) is 35.0 Å². The number of nitrogens with zero attached hydrogens (tertiary/aromatic N) is 2. The minimum Gasteiger partial charge on any atom is -0.497 e. The number of hydrogen-bond acceptors (Lipinski definition) is 4. The number of hydrogen-bond donors (Lipinski definition) is 0. The van der Waals surface area contributed by atoms with Crippen LogP contribution in [0.2, 0.25) is 0 Å². The Labute approximate surface area is 206 Å². The van der Waals surface area contributed by atoms with Crippen LogP contribution in [0.15, 0.2) is 65.4 Å². The lowest BCUT2D eigenvalue weighted by Gasteiger charge is -2.19. The van der Waals surface area contributed by atoms with E-state index in [0.29, 0.717) is 11.3 Å². The Kier molecular flexibility index (Phi) is 6.39. The van der Waals surface area contributed by atoms with Crippen LogP contribution in [0, 0.1) is 27.7 Å². The number of carbonyl (C=O) groups is 2. The van der Waals surface area contributed by atoms with Gasteiger partial charge in [-0.2, -0.15) is 0 Å². The first-order valence-electron chi connectivity index (χ1n) is 11.4. The molecule has 3 aromatic rings. The zero-order chi connectivity index (χ0) is 25.4. The van der Waals surface area contributed by atoms with E-state index in [1.165, 1.54) is 7.11 Å². The van der Waals surface area contributed by atoms with Crippen molar-refractivity contribution in [3.8, 4) is 11.4 Å². The molecular weight excluding hydrogens is 440 g/mol. The molecule has 2 heterocycles. The Morgan fingerprint density at radius 1 is 0.857 bits per heavy atom. The number of rotatable bonds is 5. The van der Waals surface area contributed by atoms with Crippen molar-refractivity contribution in [2.24, 2.45) is 0 Å². The Hall–Kier alpha value is -4.06. The van der Waals surface area contributed by atoms with Gasteiger partial charge in [-0.3, -0.25) is 9.69 Å². The molecule has 1 aliphatic heterocycles. The Bertz CT molecular complexity index is 1370. The number of aryl methyl sites for hydroxylation is 3. The van der Waals surface area contributed by atoms with Crippen LogP contribution in [0.25, 0.3) is 11.8 Å². The molecule has 35 heavy (non-hydrogen) atoms. The van der Waals surface area contributed by atoms with Gasteiger partial charge in [0.15, 0.2) is 0 Å². The highest BCUT2D eigenvalue weighted by atomic mass is 16.5. The lowest BCUT2D eigenvalue weighted by molar-refractivity contribution is -0.136. The molecule has 0 aliphatic carbocycles. The third-order valence-corrected chi connectivity index (χ3v) is 6.35. The third kappa shape index (κ3) is 4.28. The van der Waals surface area contributed by atoms with Gasteiger partial charge >= 0.3 is 5.97 Å². The smallest absolute Gasteiger partial charge is 0.340 e. The first-order valence-corrected chi connectivity index (χ1v) is 11.4. The van der Waals surface area contributed by atoms with Crippen molar-refractivity contribution in [1.29, 1.82) is 0 Å². The number of carbonyl (C=O) groups excluding carboxylic acids is 2. The summed E-state index contributed by atoms with van der Waals surface area (Å²) in [6.45, 7) is 9.77. The SMILES string of the molecule is COC(=O)C1=C(C)N(c2cc(C)cc(C)c2)C(=O)/C1=C\c1cc(C)n(-c2ccc(OC)cc2)c1C. The van der Waals surface area contributed by atoms with Gasteiger partial charge in [0, 0.05) is 28.5 Å². The summed E-state index contributed by atoms with van der Waals surface area (Å²) >= 11 is 0. The van der Waals surface area contributed by atoms with Crippen molar-refractivity contribution in [3.63, 3.8) is 0 Å². The highest BCUT2D eigenvalue weighted by molar-refractivity contribution is 6.23. The average Bonchev–Trinajstić information content (AvgIpc) is 3.24. The third-order valence-electron chi connectivity index (χ3n) is 6.35. The maximum absolute atomic E-state index is 13.7. The summed E-state index contributed by atoms with van der Waals surface area (Å²) in [5.41, 5.74) is 7.80. The largest absolute Gasteiger partial charge is 0.497 e. The van der Waals surface area contributed by atoms with Crippen LogP contribution in [-0.2, 0) is 14.3 Å². The Morgan fingerprint density at radius 3 is 2.06 bits per heavy atom. The number of amides is 1. The highest BCUT2D eigenvalue weighted by Gasteiger charge is 2.38. The molecular formula is C29H30N2O4. The number of aromatic nitrogens is 1. The van der Waals surface area contributed by atoms with Crippen molar-refractivity contribution in [1.82, 2.24) is 4.57 Å². The highest BCUT2D eigenvalue weighted by Crippen LogP contribution is 2.37. The van der Waals surface area contributed by atoms with Crippen LogP contribution >= 0.6 is 0 Å². The molecule has 0 N–H and O–H groups in total. The molecule has 4 rings (SSSR count). The molecule has 1 amide bonds. The summed E-state index contributed by atoms with van der Waals surface area (Å²) in [4.78, 5) is 28.1. The summed E-state index contributed by atoms with van der Waals surface area (Å²) in [7, 11) is 2.97. The van der Waals surface area contributed by atoms with Gasteiger partial charge in [-0.25, -0.2) is 4.79 Å². The second kappa shape index (κ2) is 9.29. The van der Waals surface area contributed by atoms with Crippen LogP contribution in [-0.4, -0.2) is 30.7 Å². The minimum atomic E-state index is -0.530. The number of benzene rings is 2. The Balaban J connectivity index is 1.84. The standard InChI is InChI=1S/C29H30N2O4/c1-17-12-18(2)14-24(13-17)31-21(5)27(29(33)35-7)26(28(31)32)16-22-15-19(3)30(20(22)4)23-8-10-25(34-6)11-9-23/h8-16H,1-7H3/b26-16-. The van der Waals surface area contributed by atoms with Gasteiger partial charge in [0.1, 0.15) is 5.75 Å². The molecule has 0 unspecified atom stereocenters. The van der Waals surface area contributed by atoms with E-state index in [-0.39, 0.29) is 11.5 Å². The summed E-state index contributed by atoms with van der Waals surface area (Å²) in [5.74, 6) is 0.00463. The van der Waals surface area contributed by atoms with Crippen LogP contribution < -0.4 is 9.64 Å². The van der Waals surface area contributed by atoms with E-state index in [4.69, 9.17) is 9.47 Å². The normalized spacial score (nSPS) is 14.8. The predicted octanol–water partition coefficient (Wildman–Crippen LogP) is 5.60. The topological polar surface area (TPSA) is 60.8 Å². The van der Waals surface area contributed by atoms with Crippen LogP contribution in [0.4, 0.5) is 5.69 Å². The van der Waals surface area contributed by atoms with Crippen LogP contribution in [0.3, 0.4) is 0 Å². The number of allylic oxidation sites excluding steroid dienone is 1. The quantitative estimate of drug-likeness (QED) is 0.360. The fourth-order valence-electron chi connectivity index (χ4n) is 4.79. The van der Waals surface area contributed by atoms with Crippen molar-refractivity contribution in [2.45, 2.75) is 34.6 Å². The maximum Gasteiger partial charge on any atom is 0.340 e. The molecule has 6 heteroatoms. The van der Waals surface area contributed by atoms with E-state index in [9.17, 15) is 9.59 Å². The molecule has 0 fully saturated rings. The molecule has 180 valence electrons. The van der Waals surface area contributed by atoms with E-state index < -0.39 is 5.97 Å². The maximum atomic E-state index is 13.7. The number of methoxy groups -OCH3 is 2. The number of esters is 1. The minimum absolute atomic E-state index is 0.248. The predicted molar refractivity (Wildman–Crippen MR) is 138 cm³/mol. The number of anilines is 1. The molecule has 2 aromatic carbocycles. The molecule has 0 saturated carbocycles. The number of ether oxygens (including phenoxy) is 2.